The van der Waals surface area contributed by atoms with Crippen LogP contribution in [0.4, 0.5) is 11.4 Å². The van der Waals surface area contributed by atoms with Crippen LogP contribution in [0.15, 0.2) is 36.4 Å². The van der Waals surface area contributed by atoms with Gasteiger partial charge < -0.3 is 26.0 Å². The van der Waals surface area contributed by atoms with Crippen molar-refractivity contribution in [2.75, 3.05) is 10.6 Å². The van der Waals surface area contributed by atoms with Crippen LogP contribution in [-0.4, -0.2) is 33.2 Å². The predicted octanol–water partition coefficient (Wildman–Crippen LogP) is 2.04. The SMILES string of the molecule is Cc1ccc(O)c(NC(=O)CC(O)C(=O)Nc2cc(C)ccc2O)c1. The van der Waals surface area contributed by atoms with Gasteiger partial charge in [-0.2, -0.15) is 0 Å². The summed E-state index contributed by atoms with van der Waals surface area (Å²) in [7, 11) is 0. The van der Waals surface area contributed by atoms with E-state index < -0.39 is 24.3 Å². The summed E-state index contributed by atoms with van der Waals surface area (Å²) in [5.41, 5.74) is 2.01. The molecule has 0 aliphatic rings. The Balaban J connectivity index is 1.97. The van der Waals surface area contributed by atoms with Gasteiger partial charge in [0.25, 0.3) is 5.91 Å². The third-order valence-electron chi connectivity index (χ3n) is 3.52. The highest BCUT2D eigenvalue weighted by atomic mass is 16.3. The standard InChI is InChI=1S/C18H20N2O5/c1-10-3-5-14(21)12(7-10)19-17(24)9-16(23)18(25)20-13-8-11(2)4-6-15(13)22/h3-8,16,21-23H,9H2,1-2H3,(H,19,24)(H,20,25). The van der Waals surface area contributed by atoms with Gasteiger partial charge in [0, 0.05) is 0 Å². The first kappa shape index (κ1) is 18.3. The first-order valence-electron chi connectivity index (χ1n) is 7.64. The van der Waals surface area contributed by atoms with E-state index in [2.05, 4.69) is 10.6 Å². The molecule has 0 bridgehead atoms. The molecular formula is C18H20N2O5. The molecule has 0 radical (unpaired) electrons. The van der Waals surface area contributed by atoms with E-state index in [1.54, 1.807) is 38.1 Å². The van der Waals surface area contributed by atoms with Crippen molar-refractivity contribution in [2.45, 2.75) is 26.4 Å². The number of aryl methyl sites for hydroxylation is 2. The number of aromatic hydroxyl groups is 2. The highest BCUT2D eigenvalue weighted by Gasteiger charge is 2.20. The smallest absolute Gasteiger partial charge is 0.253 e. The Morgan fingerprint density at radius 3 is 1.92 bits per heavy atom. The number of aliphatic hydroxyl groups excluding tert-OH is 1. The van der Waals surface area contributed by atoms with Crippen molar-refractivity contribution < 1.29 is 24.9 Å². The lowest BCUT2D eigenvalue weighted by atomic mass is 10.1. The molecular weight excluding hydrogens is 324 g/mol. The number of nitrogens with one attached hydrogen (secondary N) is 2. The van der Waals surface area contributed by atoms with E-state index in [1.165, 1.54) is 12.1 Å². The van der Waals surface area contributed by atoms with Gasteiger partial charge >= 0.3 is 0 Å². The zero-order valence-electron chi connectivity index (χ0n) is 13.9. The molecule has 5 N–H and O–H groups in total. The van der Waals surface area contributed by atoms with Crippen molar-refractivity contribution in [2.24, 2.45) is 0 Å². The maximum Gasteiger partial charge on any atom is 0.253 e. The molecule has 25 heavy (non-hydrogen) atoms. The van der Waals surface area contributed by atoms with E-state index in [0.717, 1.165) is 11.1 Å². The lowest BCUT2D eigenvalue weighted by Gasteiger charge is -2.13. The van der Waals surface area contributed by atoms with Crippen LogP contribution < -0.4 is 10.6 Å². The Bertz CT molecular complexity index is 804. The maximum absolute atomic E-state index is 12.0. The van der Waals surface area contributed by atoms with Gasteiger partial charge in [-0.15, -0.1) is 0 Å². The minimum atomic E-state index is -1.60. The number of phenols is 2. The molecule has 0 fully saturated rings. The van der Waals surface area contributed by atoms with Gasteiger partial charge in [0.05, 0.1) is 17.8 Å². The van der Waals surface area contributed by atoms with E-state index in [-0.39, 0.29) is 22.9 Å². The van der Waals surface area contributed by atoms with Gasteiger partial charge in [0.1, 0.15) is 17.6 Å². The molecule has 0 saturated heterocycles. The zero-order valence-corrected chi connectivity index (χ0v) is 13.9. The Morgan fingerprint density at radius 1 is 0.920 bits per heavy atom. The van der Waals surface area contributed by atoms with Gasteiger partial charge in [-0.1, -0.05) is 12.1 Å². The maximum atomic E-state index is 12.0. The molecule has 0 spiro atoms. The van der Waals surface area contributed by atoms with Crippen LogP contribution in [0.5, 0.6) is 11.5 Å². The summed E-state index contributed by atoms with van der Waals surface area (Å²) >= 11 is 0. The predicted molar refractivity (Wildman–Crippen MR) is 93.6 cm³/mol. The second-order valence-corrected chi connectivity index (χ2v) is 5.80. The molecule has 0 saturated carbocycles. The summed E-state index contributed by atoms with van der Waals surface area (Å²) < 4.78 is 0. The minimum absolute atomic E-state index is 0.109. The molecule has 7 nitrogen and oxygen atoms in total. The Kier molecular flexibility index (Phi) is 5.61. The van der Waals surface area contributed by atoms with Crippen LogP contribution in [0.25, 0.3) is 0 Å². The number of hydrogen-bond donors (Lipinski definition) is 5. The number of hydrogen-bond acceptors (Lipinski definition) is 5. The zero-order chi connectivity index (χ0) is 18.6. The second-order valence-electron chi connectivity index (χ2n) is 5.80. The molecule has 1 atom stereocenters. The largest absolute Gasteiger partial charge is 0.506 e. The van der Waals surface area contributed by atoms with Crippen LogP contribution in [-0.2, 0) is 9.59 Å². The van der Waals surface area contributed by atoms with Crippen molar-refractivity contribution in [3.05, 3.63) is 47.5 Å². The monoisotopic (exact) mass is 344 g/mol. The van der Waals surface area contributed by atoms with E-state index in [4.69, 9.17) is 0 Å². The van der Waals surface area contributed by atoms with Crippen molar-refractivity contribution >= 4 is 23.2 Å². The van der Waals surface area contributed by atoms with Crippen molar-refractivity contribution in [3.63, 3.8) is 0 Å². The molecule has 2 aromatic carbocycles. The average Bonchev–Trinajstić information content (AvgIpc) is 2.54. The number of carbonyl (C=O) groups excluding carboxylic acids is 2. The number of amides is 2. The summed E-state index contributed by atoms with van der Waals surface area (Å²) in [6.45, 7) is 3.58. The molecule has 0 aromatic heterocycles. The van der Waals surface area contributed by atoms with E-state index in [0.29, 0.717) is 0 Å². The fourth-order valence-corrected chi connectivity index (χ4v) is 2.19. The lowest BCUT2D eigenvalue weighted by molar-refractivity contribution is -0.128. The summed E-state index contributed by atoms with van der Waals surface area (Å²) in [6.07, 6.45) is -2.10. The fourth-order valence-electron chi connectivity index (χ4n) is 2.19. The Morgan fingerprint density at radius 2 is 1.40 bits per heavy atom. The van der Waals surface area contributed by atoms with Gasteiger partial charge in [-0.05, 0) is 49.2 Å². The summed E-state index contributed by atoms with van der Waals surface area (Å²) in [4.78, 5) is 23.9. The second kappa shape index (κ2) is 7.67. The third-order valence-corrected chi connectivity index (χ3v) is 3.52. The lowest BCUT2D eigenvalue weighted by Crippen LogP contribution is -2.31. The van der Waals surface area contributed by atoms with Crippen LogP contribution >= 0.6 is 0 Å². The van der Waals surface area contributed by atoms with Gasteiger partial charge in [-0.3, -0.25) is 9.59 Å². The van der Waals surface area contributed by atoms with E-state index in [1.807, 2.05) is 0 Å². The van der Waals surface area contributed by atoms with E-state index in [9.17, 15) is 24.9 Å². The molecule has 2 rings (SSSR count). The van der Waals surface area contributed by atoms with Crippen LogP contribution in [0.2, 0.25) is 0 Å². The summed E-state index contributed by atoms with van der Waals surface area (Å²) in [6, 6.07) is 9.33. The highest BCUT2D eigenvalue weighted by Crippen LogP contribution is 2.25. The van der Waals surface area contributed by atoms with Crippen molar-refractivity contribution in [1.82, 2.24) is 0 Å². The number of carbonyl (C=O) groups is 2. The number of aliphatic hydroxyl groups is 1. The van der Waals surface area contributed by atoms with Crippen LogP contribution in [0, 0.1) is 13.8 Å². The molecule has 0 aliphatic carbocycles. The van der Waals surface area contributed by atoms with Gasteiger partial charge in [0.15, 0.2) is 0 Å². The number of phenolic OH excluding ortho intramolecular Hbond substituents is 2. The first-order valence-corrected chi connectivity index (χ1v) is 7.64. The molecule has 0 heterocycles. The summed E-state index contributed by atoms with van der Waals surface area (Å²) in [5, 5.41) is 34.1. The molecule has 0 aliphatic heterocycles. The highest BCUT2D eigenvalue weighted by molar-refractivity contribution is 6.00. The normalized spacial score (nSPS) is 11.6. The van der Waals surface area contributed by atoms with Crippen molar-refractivity contribution in [1.29, 1.82) is 0 Å². The molecule has 7 heteroatoms. The Hall–Kier alpha value is -3.06. The minimum Gasteiger partial charge on any atom is -0.506 e. The van der Waals surface area contributed by atoms with Crippen LogP contribution in [0.3, 0.4) is 0 Å². The van der Waals surface area contributed by atoms with Gasteiger partial charge in [-0.25, -0.2) is 0 Å². The van der Waals surface area contributed by atoms with E-state index >= 15 is 0 Å². The summed E-state index contributed by atoms with van der Waals surface area (Å²) in [5.74, 6) is -1.69. The fraction of sp³-hybridized carbons (Fsp3) is 0.222. The third kappa shape index (κ3) is 4.95. The topological polar surface area (TPSA) is 119 Å². The Labute approximate surface area is 144 Å². The first-order chi connectivity index (χ1) is 11.8. The van der Waals surface area contributed by atoms with Gasteiger partial charge in [0.2, 0.25) is 5.91 Å². The molecule has 2 aromatic rings. The number of benzene rings is 2. The quantitative estimate of drug-likeness (QED) is 0.532. The number of anilines is 2. The number of rotatable bonds is 5. The average molecular weight is 344 g/mol. The molecule has 2 amide bonds. The van der Waals surface area contributed by atoms with Crippen molar-refractivity contribution in [3.8, 4) is 11.5 Å². The van der Waals surface area contributed by atoms with Crippen LogP contribution in [0.1, 0.15) is 17.5 Å². The molecule has 132 valence electrons. The molecule has 1 unspecified atom stereocenters.